The summed E-state index contributed by atoms with van der Waals surface area (Å²) in [5.74, 6) is 1.86. The number of ether oxygens (including phenoxy) is 2. The molecule has 4 rings (SSSR count). The number of nitrogens with zero attached hydrogens (tertiary/aromatic N) is 2. The molecule has 3 aromatic rings. The van der Waals surface area contributed by atoms with Crippen molar-refractivity contribution in [2.24, 2.45) is 0 Å². The van der Waals surface area contributed by atoms with Gasteiger partial charge in [-0.3, -0.25) is 0 Å². The van der Waals surface area contributed by atoms with Crippen molar-refractivity contribution < 1.29 is 14.7 Å². The fourth-order valence-electron chi connectivity index (χ4n) is 2.59. The van der Waals surface area contributed by atoms with Gasteiger partial charge in [-0.05, 0) is 25.1 Å². The summed E-state index contributed by atoms with van der Waals surface area (Å²) in [6, 6.07) is 15.3. The van der Waals surface area contributed by atoms with Gasteiger partial charge in [0.15, 0.2) is 17.3 Å². The molecule has 0 saturated carbocycles. The quantitative estimate of drug-likeness (QED) is 0.735. The summed E-state index contributed by atoms with van der Waals surface area (Å²) in [6.45, 7) is 2.06. The summed E-state index contributed by atoms with van der Waals surface area (Å²) in [5, 5.41) is 10.4. The van der Waals surface area contributed by atoms with Crippen molar-refractivity contribution in [3.63, 3.8) is 0 Å². The summed E-state index contributed by atoms with van der Waals surface area (Å²) in [6.07, 6.45) is 0. The van der Waals surface area contributed by atoms with Gasteiger partial charge in [-0.15, -0.1) is 0 Å². The van der Waals surface area contributed by atoms with Crippen LogP contribution in [0.25, 0.3) is 22.6 Å². The number of benzene rings is 2. The Morgan fingerprint density at radius 2 is 1.77 bits per heavy atom. The van der Waals surface area contributed by atoms with Crippen molar-refractivity contribution in [3.05, 3.63) is 54.2 Å². The first kappa shape index (κ1) is 12.8. The average Bonchev–Trinajstić information content (AvgIpc) is 3.13. The fourth-order valence-corrected chi connectivity index (χ4v) is 2.59. The number of hydrogen-bond donors (Lipinski definition) is 1. The number of rotatable bonds is 2. The van der Waals surface area contributed by atoms with Crippen molar-refractivity contribution in [1.82, 2.24) is 9.71 Å². The van der Waals surface area contributed by atoms with Crippen LogP contribution in [0.1, 0.15) is 5.69 Å². The first-order chi connectivity index (χ1) is 10.7. The van der Waals surface area contributed by atoms with Crippen molar-refractivity contribution in [1.29, 1.82) is 0 Å². The molecule has 1 aliphatic heterocycles. The molecule has 2 heterocycles. The summed E-state index contributed by atoms with van der Waals surface area (Å²) in [4.78, 5) is 4.59. The molecule has 0 atom stereocenters. The number of fused-ring (bicyclic) bond motifs is 1. The maximum absolute atomic E-state index is 10.4. The molecule has 5 nitrogen and oxygen atoms in total. The van der Waals surface area contributed by atoms with E-state index in [1.54, 1.807) is 0 Å². The third-order valence-corrected chi connectivity index (χ3v) is 3.76. The largest absolute Gasteiger partial charge is 0.454 e. The lowest BCUT2D eigenvalue weighted by Crippen LogP contribution is -1.96. The molecule has 0 bridgehead atoms. The smallest absolute Gasteiger partial charge is 0.231 e. The molecule has 22 heavy (non-hydrogen) atoms. The van der Waals surface area contributed by atoms with E-state index in [0.717, 1.165) is 21.6 Å². The monoisotopic (exact) mass is 294 g/mol. The van der Waals surface area contributed by atoms with Gasteiger partial charge < -0.3 is 14.7 Å². The minimum absolute atomic E-state index is 0.223. The Morgan fingerprint density at radius 3 is 2.59 bits per heavy atom. The van der Waals surface area contributed by atoms with Gasteiger partial charge in [0, 0.05) is 11.1 Å². The second-order valence-electron chi connectivity index (χ2n) is 5.12. The molecule has 1 N–H and O–H groups in total. The molecular formula is C17H14N2O3. The molecule has 0 fully saturated rings. The van der Waals surface area contributed by atoms with Crippen LogP contribution < -0.4 is 9.47 Å². The highest BCUT2D eigenvalue weighted by atomic mass is 16.7. The van der Waals surface area contributed by atoms with E-state index in [4.69, 9.17) is 9.47 Å². The van der Waals surface area contributed by atoms with E-state index in [1.807, 2.05) is 55.5 Å². The molecule has 0 aliphatic carbocycles. The van der Waals surface area contributed by atoms with Gasteiger partial charge in [0.2, 0.25) is 6.79 Å². The Labute approximate surface area is 127 Å². The van der Waals surface area contributed by atoms with Crippen LogP contribution in [-0.2, 0) is 0 Å². The topological polar surface area (TPSA) is 56.5 Å². The molecule has 1 aliphatic rings. The van der Waals surface area contributed by atoms with Gasteiger partial charge in [-0.25, -0.2) is 4.98 Å². The zero-order chi connectivity index (χ0) is 15.1. The predicted octanol–water partition coefficient (Wildman–Crippen LogP) is 3.49. The van der Waals surface area contributed by atoms with Crippen LogP contribution in [0.5, 0.6) is 11.5 Å². The highest BCUT2D eigenvalue weighted by Gasteiger charge is 2.19. The Hall–Kier alpha value is -2.95. The number of aromatic nitrogens is 2. The maximum atomic E-state index is 10.4. The summed E-state index contributed by atoms with van der Waals surface area (Å²) in [7, 11) is 0. The van der Waals surface area contributed by atoms with Crippen LogP contribution in [0, 0.1) is 6.92 Å². The molecular weight excluding hydrogens is 280 g/mol. The van der Waals surface area contributed by atoms with Crippen molar-refractivity contribution in [2.45, 2.75) is 6.92 Å². The number of hydrogen-bond acceptors (Lipinski definition) is 4. The first-order valence-corrected chi connectivity index (χ1v) is 6.98. The van der Waals surface area contributed by atoms with E-state index < -0.39 is 0 Å². The van der Waals surface area contributed by atoms with Crippen LogP contribution in [0.3, 0.4) is 0 Å². The van der Waals surface area contributed by atoms with Crippen LogP contribution >= 0.6 is 0 Å². The van der Waals surface area contributed by atoms with Gasteiger partial charge in [0.05, 0.1) is 11.4 Å². The minimum atomic E-state index is 0.223. The average molecular weight is 294 g/mol. The summed E-state index contributed by atoms with van der Waals surface area (Å²) in [5.41, 5.74) is 3.20. The van der Waals surface area contributed by atoms with E-state index in [2.05, 4.69) is 4.98 Å². The molecule has 0 saturated heterocycles. The zero-order valence-corrected chi connectivity index (χ0v) is 12.0. The predicted molar refractivity (Wildman–Crippen MR) is 81.1 cm³/mol. The molecule has 2 aromatic carbocycles. The lowest BCUT2D eigenvalue weighted by atomic mass is 10.1. The fraction of sp³-hybridized carbons (Fsp3) is 0.118. The summed E-state index contributed by atoms with van der Waals surface area (Å²) < 4.78 is 11.8. The van der Waals surface area contributed by atoms with Crippen LogP contribution in [-0.4, -0.2) is 21.7 Å². The standard InChI is InChI=1S/C17H14N2O3/c1-11-16(12-5-3-2-4-6-12)18-17(19(11)20)13-7-8-14-15(9-13)22-10-21-14/h2-9,20H,10H2,1H3. The molecule has 0 radical (unpaired) electrons. The Balaban J connectivity index is 1.83. The van der Waals surface area contributed by atoms with E-state index in [1.165, 1.54) is 0 Å². The third-order valence-electron chi connectivity index (χ3n) is 3.76. The van der Waals surface area contributed by atoms with Crippen LogP contribution in [0.15, 0.2) is 48.5 Å². The molecule has 0 unspecified atom stereocenters. The van der Waals surface area contributed by atoms with Gasteiger partial charge in [0.25, 0.3) is 0 Å². The van der Waals surface area contributed by atoms with Crippen molar-refractivity contribution in [2.75, 3.05) is 6.79 Å². The maximum Gasteiger partial charge on any atom is 0.231 e. The van der Waals surface area contributed by atoms with E-state index >= 15 is 0 Å². The molecule has 0 spiro atoms. The second kappa shape index (κ2) is 4.80. The Kier molecular flexibility index (Phi) is 2.79. The highest BCUT2D eigenvalue weighted by Crippen LogP contribution is 2.36. The molecule has 1 aromatic heterocycles. The molecule has 5 heteroatoms. The highest BCUT2D eigenvalue weighted by molar-refractivity contribution is 5.69. The Morgan fingerprint density at radius 1 is 1.00 bits per heavy atom. The van der Waals surface area contributed by atoms with E-state index in [-0.39, 0.29) is 6.79 Å². The van der Waals surface area contributed by atoms with E-state index in [0.29, 0.717) is 23.0 Å². The third kappa shape index (κ3) is 1.90. The van der Waals surface area contributed by atoms with Gasteiger partial charge >= 0.3 is 0 Å². The van der Waals surface area contributed by atoms with Crippen LogP contribution in [0.2, 0.25) is 0 Å². The Bertz CT molecular complexity index is 841. The first-order valence-electron chi connectivity index (χ1n) is 6.98. The normalized spacial score (nSPS) is 12.6. The summed E-state index contributed by atoms with van der Waals surface area (Å²) >= 11 is 0. The van der Waals surface area contributed by atoms with Gasteiger partial charge in [0.1, 0.15) is 0 Å². The molecule has 110 valence electrons. The van der Waals surface area contributed by atoms with Gasteiger partial charge in [-0.2, -0.15) is 4.73 Å². The SMILES string of the molecule is Cc1c(-c2ccccc2)nc(-c2ccc3c(c2)OCO3)n1O. The lowest BCUT2D eigenvalue weighted by molar-refractivity contribution is 0.174. The minimum Gasteiger partial charge on any atom is -0.454 e. The number of imidazole rings is 1. The van der Waals surface area contributed by atoms with E-state index in [9.17, 15) is 5.21 Å². The van der Waals surface area contributed by atoms with Gasteiger partial charge in [-0.1, -0.05) is 30.3 Å². The molecule has 0 amide bonds. The lowest BCUT2D eigenvalue weighted by Gasteiger charge is -2.03. The van der Waals surface area contributed by atoms with Crippen molar-refractivity contribution >= 4 is 0 Å². The second-order valence-corrected chi connectivity index (χ2v) is 5.12. The van der Waals surface area contributed by atoms with Crippen LogP contribution in [0.4, 0.5) is 0 Å². The zero-order valence-electron chi connectivity index (χ0n) is 12.0. The van der Waals surface area contributed by atoms with Crippen molar-refractivity contribution in [3.8, 4) is 34.1 Å².